The van der Waals surface area contributed by atoms with Crippen LogP contribution in [0.15, 0.2) is 83.6 Å². The van der Waals surface area contributed by atoms with Gasteiger partial charge in [-0.1, -0.05) is 36.4 Å². The maximum Gasteiger partial charge on any atom is 0.326 e. The van der Waals surface area contributed by atoms with Gasteiger partial charge >= 0.3 is 6.03 Å². The summed E-state index contributed by atoms with van der Waals surface area (Å²) in [5.41, 5.74) is 2.09. The quantitative estimate of drug-likeness (QED) is 0.306. The van der Waals surface area contributed by atoms with Crippen molar-refractivity contribution < 1.29 is 23.8 Å². The van der Waals surface area contributed by atoms with Crippen LogP contribution in [-0.4, -0.2) is 73.6 Å². The van der Waals surface area contributed by atoms with Gasteiger partial charge in [0.25, 0.3) is 0 Å². The highest BCUT2D eigenvalue weighted by Gasteiger charge is 2.45. The Morgan fingerprint density at radius 2 is 1.90 bits per heavy atom. The number of halogens is 1. The van der Waals surface area contributed by atoms with Crippen LogP contribution in [0.4, 0.5) is 4.79 Å². The Bertz CT molecular complexity index is 1420. The number of nitrogens with zero attached hydrogens (tertiary/aromatic N) is 3. The molecule has 2 aliphatic heterocycles. The van der Waals surface area contributed by atoms with Crippen molar-refractivity contribution in [3.05, 3.63) is 94.8 Å². The van der Waals surface area contributed by atoms with Crippen LogP contribution in [0, 0.1) is 0 Å². The molecule has 3 amide bonds. The molecule has 0 saturated carbocycles. The van der Waals surface area contributed by atoms with Gasteiger partial charge in [0.2, 0.25) is 5.91 Å². The number of aliphatic imine (C=N–C) groups is 1. The Hall–Kier alpha value is -4.24. The van der Waals surface area contributed by atoms with Crippen LogP contribution in [0.5, 0.6) is 11.5 Å². The zero-order valence-corrected chi connectivity index (χ0v) is 25.4. The molecule has 2 aromatic rings. The van der Waals surface area contributed by atoms with Crippen LogP contribution in [0.2, 0.25) is 5.02 Å². The first-order valence-corrected chi connectivity index (χ1v) is 14.1. The van der Waals surface area contributed by atoms with E-state index in [-0.39, 0.29) is 24.6 Å². The summed E-state index contributed by atoms with van der Waals surface area (Å²) in [5.74, 6) is 1.98. The fourth-order valence-corrected chi connectivity index (χ4v) is 5.04. The number of carbonyl (C=O) groups is 2. The van der Waals surface area contributed by atoms with Crippen molar-refractivity contribution in [3.8, 4) is 11.5 Å². The third-order valence-corrected chi connectivity index (χ3v) is 7.20. The van der Waals surface area contributed by atoms with Crippen LogP contribution >= 0.6 is 11.6 Å². The Labute approximate surface area is 252 Å². The maximum atomic E-state index is 14.4. The number of urea groups is 1. The van der Waals surface area contributed by atoms with E-state index in [0.29, 0.717) is 52.3 Å². The molecule has 2 aromatic carbocycles. The van der Waals surface area contributed by atoms with E-state index in [1.54, 1.807) is 43.4 Å². The monoisotopic (exact) mass is 592 g/mol. The van der Waals surface area contributed by atoms with Crippen LogP contribution in [0.1, 0.15) is 37.9 Å². The second-order valence-electron chi connectivity index (χ2n) is 10.2. The Balaban J connectivity index is 1.91. The fourth-order valence-electron chi connectivity index (χ4n) is 4.91. The third kappa shape index (κ3) is 6.79. The highest BCUT2D eigenvalue weighted by Crippen LogP contribution is 2.41. The molecule has 9 nitrogen and oxygen atoms in total. The van der Waals surface area contributed by atoms with E-state index >= 15 is 0 Å². The predicted molar refractivity (Wildman–Crippen MR) is 164 cm³/mol. The number of nitrogens with one attached hydrogen (secondary N) is 1. The lowest BCUT2D eigenvalue weighted by Gasteiger charge is -2.36. The number of hydrogen-bond donors (Lipinski definition) is 1. The fraction of sp³-hybridized carbons (Fsp3) is 0.344. The van der Waals surface area contributed by atoms with Gasteiger partial charge in [-0.05, 0) is 68.3 Å². The average Bonchev–Trinajstić information content (AvgIpc) is 3.37. The molecule has 0 bridgehead atoms. The van der Waals surface area contributed by atoms with E-state index in [2.05, 4.69) is 11.9 Å². The largest absolute Gasteiger partial charge is 0.497 e. The zero-order chi connectivity index (χ0) is 30.4. The van der Waals surface area contributed by atoms with E-state index in [1.807, 2.05) is 57.2 Å². The minimum atomic E-state index is -0.586. The minimum absolute atomic E-state index is 0.0576. The van der Waals surface area contributed by atoms with E-state index in [4.69, 9.17) is 30.8 Å². The topological polar surface area (TPSA) is 92.7 Å². The lowest BCUT2D eigenvalue weighted by atomic mass is 9.94. The number of hydrogen-bond acceptors (Lipinski definition) is 6. The number of amidine groups is 1. The standard InChI is InChI=1S/C32H37ClN4O5/c1-7-24(40-5)13-8-21(4)29-30(22-9-11-23(33)12-10-22)37(32(39)36-17-16-34-28(38)19-36)31(35-29)26-15-14-25(41-6)18-27(26)42-20(2)3/h7-15,18,20,29-30H,4,16-17,19H2,1-3,5-6H3,(H,34,38)/b13-8-,24-7+/t29-,30+/m0/s1. The van der Waals surface area contributed by atoms with Crippen molar-refractivity contribution in [2.45, 2.75) is 39.0 Å². The van der Waals surface area contributed by atoms with Crippen LogP contribution < -0.4 is 14.8 Å². The van der Waals surface area contributed by atoms with Crippen LogP contribution in [0.3, 0.4) is 0 Å². The third-order valence-electron chi connectivity index (χ3n) is 6.95. The number of benzene rings is 2. The number of carbonyl (C=O) groups excluding carboxylic acids is 2. The van der Waals surface area contributed by atoms with Crippen LogP contribution in [-0.2, 0) is 9.53 Å². The smallest absolute Gasteiger partial charge is 0.326 e. The number of allylic oxidation sites excluding steroid dienone is 2. The zero-order valence-electron chi connectivity index (χ0n) is 24.6. The summed E-state index contributed by atoms with van der Waals surface area (Å²) in [4.78, 5) is 35.0. The lowest BCUT2D eigenvalue weighted by molar-refractivity contribution is -0.123. The second-order valence-corrected chi connectivity index (χ2v) is 10.6. The summed E-state index contributed by atoms with van der Waals surface area (Å²) in [6.07, 6.45) is 5.35. The number of piperazine rings is 1. The van der Waals surface area contributed by atoms with E-state index < -0.39 is 12.1 Å². The molecule has 2 aliphatic rings. The van der Waals surface area contributed by atoms with E-state index in [1.165, 1.54) is 4.90 Å². The Kier molecular flexibility index (Phi) is 9.96. The summed E-state index contributed by atoms with van der Waals surface area (Å²) < 4.78 is 17.1. The van der Waals surface area contributed by atoms with Gasteiger partial charge in [0.1, 0.15) is 35.7 Å². The predicted octanol–water partition coefficient (Wildman–Crippen LogP) is 5.52. The molecule has 0 aromatic heterocycles. The van der Waals surface area contributed by atoms with Crippen molar-refractivity contribution in [1.29, 1.82) is 0 Å². The molecule has 4 rings (SSSR count). The summed E-state index contributed by atoms with van der Waals surface area (Å²) in [6, 6.07) is 11.2. The molecule has 1 saturated heterocycles. The average molecular weight is 593 g/mol. The van der Waals surface area contributed by atoms with Gasteiger partial charge < -0.3 is 24.4 Å². The van der Waals surface area contributed by atoms with Crippen molar-refractivity contribution in [1.82, 2.24) is 15.1 Å². The maximum absolute atomic E-state index is 14.4. The summed E-state index contributed by atoms with van der Waals surface area (Å²) >= 11 is 6.25. The van der Waals surface area contributed by atoms with Gasteiger partial charge in [-0.2, -0.15) is 0 Å². The number of ether oxygens (including phenoxy) is 3. The van der Waals surface area contributed by atoms with Crippen molar-refractivity contribution in [2.24, 2.45) is 4.99 Å². The number of amides is 3. The SMILES string of the molecule is C=C(/C=C\C(=C/C)OC)[C@@H]1N=C(c2ccc(OC)cc2OC(C)C)N(C(=O)N2CCNC(=O)C2)[C@@H]1c1ccc(Cl)cc1. The Morgan fingerprint density at radius 3 is 2.52 bits per heavy atom. The van der Waals surface area contributed by atoms with Crippen molar-refractivity contribution in [2.75, 3.05) is 33.9 Å². The van der Waals surface area contributed by atoms with E-state index in [9.17, 15) is 9.59 Å². The molecule has 222 valence electrons. The second kappa shape index (κ2) is 13.6. The molecule has 10 heteroatoms. The highest BCUT2D eigenvalue weighted by molar-refractivity contribution is 6.30. The summed E-state index contributed by atoms with van der Waals surface area (Å²) in [6.45, 7) is 10.7. The van der Waals surface area contributed by atoms with E-state index in [0.717, 1.165) is 5.56 Å². The van der Waals surface area contributed by atoms with Gasteiger partial charge in [-0.25, -0.2) is 4.79 Å². The first kappa shape index (κ1) is 30.7. The van der Waals surface area contributed by atoms with Crippen molar-refractivity contribution >= 4 is 29.4 Å². The molecule has 0 radical (unpaired) electrons. The molecular formula is C32H37ClN4O5. The molecule has 1 fully saturated rings. The minimum Gasteiger partial charge on any atom is -0.497 e. The molecule has 1 N–H and O–H groups in total. The van der Waals surface area contributed by atoms with Gasteiger partial charge in [0.05, 0.1) is 31.9 Å². The molecule has 2 atom stereocenters. The molecule has 42 heavy (non-hydrogen) atoms. The summed E-state index contributed by atoms with van der Waals surface area (Å²) in [7, 11) is 3.18. The van der Waals surface area contributed by atoms with Gasteiger partial charge in [-0.3, -0.25) is 14.7 Å². The van der Waals surface area contributed by atoms with Crippen LogP contribution in [0.25, 0.3) is 0 Å². The Morgan fingerprint density at radius 1 is 1.17 bits per heavy atom. The molecule has 2 heterocycles. The number of rotatable bonds is 9. The number of methoxy groups -OCH3 is 2. The molecule has 0 unspecified atom stereocenters. The molecule has 0 spiro atoms. The molecule has 0 aliphatic carbocycles. The first-order valence-electron chi connectivity index (χ1n) is 13.8. The molecular weight excluding hydrogens is 556 g/mol. The van der Waals surface area contributed by atoms with Gasteiger partial charge in [0, 0.05) is 24.2 Å². The van der Waals surface area contributed by atoms with Gasteiger partial charge in [0.15, 0.2) is 0 Å². The summed E-state index contributed by atoms with van der Waals surface area (Å²) in [5, 5.41) is 3.36. The lowest BCUT2D eigenvalue weighted by Crippen LogP contribution is -2.55. The van der Waals surface area contributed by atoms with Gasteiger partial charge in [-0.15, -0.1) is 0 Å². The first-order chi connectivity index (χ1) is 20.2. The highest BCUT2D eigenvalue weighted by atomic mass is 35.5. The van der Waals surface area contributed by atoms with Crippen molar-refractivity contribution in [3.63, 3.8) is 0 Å². The normalized spacial score (nSPS) is 19.2.